The van der Waals surface area contributed by atoms with E-state index in [-0.39, 0.29) is 12.4 Å². The van der Waals surface area contributed by atoms with E-state index in [2.05, 4.69) is 59.9 Å². The lowest BCUT2D eigenvalue weighted by molar-refractivity contribution is 0.657. The van der Waals surface area contributed by atoms with E-state index in [1.165, 1.54) is 39.9 Å². The zero-order chi connectivity index (χ0) is 12.7. The smallest absolute Gasteiger partial charge is 0.0333 e. The van der Waals surface area contributed by atoms with Gasteiger partial charge in [0.15, 0.2) is 0 Å². The van der Waals surface area contributed by atoms with Crippen molar-refractivity contribution in [2.75, 3.05) is 6.54 Å². The molecule has 102 valence electrons. The van der Waals surface area contributed by atoms with Gasteiger partial charge in [0.1, 0.15) is 0 Å². The molecule has 3 aromatic carbocycles. The lowest BCUT2D eigenvalue weighted by atomic mass is 9.91. The number of nitrogens with one attached hydrogen (secondary N) is 1. The highest BCUT2D eigenvalue weighted by atomic mass is 35.5. The van der Waals surface area contributed by atoms with Crippen LogP contribution in [-0.4, -0.2) is 6.54 Å². The molecule has 20 heavy (non-hydrogen) atoms. The Labute approximate surface area is 125 Å². The molecule has 0 spiro atoms. The summed E-state index contributed by atoms with van der Waals surface area (Å²) in [5.74, 6) is 0. The second-order valence-corrected chi connectivity index (χ2v) is 5.38. The van der Waals surface area contributed by atoms with Gasteiger partial charge in [0, 0.05) is 6.04 Å². The van der Waals surface area contributed by atoms with Crippen LogP contribution in [0.2, 0.25) is 0 Å². The number of hydrogen-bond donors (Lipinski definition) is 1. The van der Waals surface area contributed by atoms with Crippen LogP contribution in [0.4, 0.5) is 0 Å². The monoisotopic (exact) mass is 283 g/mol. The molecule has 0 bridgehead atoms. The summed E-state index contributed by atoms with van der Waals surface area (Å²) in [6, 6.07) is 20.3. The van der Waals surface area contributed by atoms with Crippen LogP contribution in [0, 0.1) is 0 Å². The van der Waals surface area contributed by atoms with Crippen molar-refractivity contribution in [2.24, 2.45) is 0 Å². The fourth-order valence-corrected chi connectivity index (χ4v) is 3.36. The topological polar surface area (TPSA) is 12.0 Å². The number of hydrogen-bond acceptors (Lipinski definition) is 1. The molecule has 4 rings (SSSR count). The second kappa shape index (κ2) is 5.43. The first kappa shape index (κ1) is 13.4. The molecule has 3 aromatic rings. The van der Waals surface area contributed by atoms with Gasteiger partial charge in [0.05, 0.1) is 0 Å². The van der Waals surface area contributed by atoms with Gasteiger partial charge in [-0.2, -0.15) is 0 Å². The van der Waals surface area contributed by atoms with Gasteiger partial charge in [-0.25, -0.2) is 0 Å². The highest BCUT2D eigenvalue weighted by molar-refractivity contribution is 6.02. The summed E-state index contributed by atoms with van der Waals surface area (Å²) in [6.45, 7) is 1.14. The molecule has 1 aliphatic heterocycles. The highest BCUT2D eigenvalue weighted by Gasteiger charge is 2.20. The predicted octanol–water partition coefficient (Wildman–Crippen LogP) is 4.84. The molecule has 0 saturated carbocycles. The Morgan fingerprint density at radius 3 is 2.00 bits per heavy atom. The van der Waals surface area contributed by atoms with Gasteiger partial charge < -0.3 is 5.32 Å². The molecule has 0 radical (unpaired) electrons. The minimum Gasteiger partial charge on any atom is -0.310 e. The average molecular weight is 284 g/mol. The van der Waals surface area contributed by atoms with Gasteiger partial charge in [-0.05, 0) is 52.6 Å². The van der Waals surface area contributed by atoms with Crippen molar-refractivity contribution in [1.29, 1.82) is 0 Å². The van der Waals surface area contributed by atoms with E-state index in [9.17, 15) is 0 Å². The third-order valence-electron chi connectivity index (χ3n) is 4.22. The molecule has 1 nitrogen and oxygen atoms in total. The van der Waals surface area contributed by atoms with Crippen molar-refractivity contribution in [1.82, 2.24) is 5.32 Å². The average Bonchev–Trinajstić information content (AvgIpc) is 2.98. The third-order valence-corrected chi connectivity index (χ3v) is 4.22. The lowest BCUT2D eigenvalue weighted by Gasteiger charge is -2.17. The quantitative estimate of drug-likeness (QED) is 0.630. The first-order valence-electron chi connectivity index (χ1n) is 7.07. The van der Waals surface area contributed by atoms with Crippen LogP contribution in [0.1, 0.15) is 24.4 Å². The van der Waals surface area contributed by atoms with E-state index in [4.69, 9.17) is 0 Å². The van der Waals surface area contributed by atoms with Crippen LogP contribution >= 0.6 is 12.4 Å². The zero-order valence-electron chi connectivity index (χ0n) is 11.3. The van der Waals surface area contributed by atoms with Crippen LogP contribution in [0.25, 0.3) is 21.5 Å². The maximum Gasteiger partial charge on any atom is 0.0333 e. The first-order valence-corrected chi connectivity index (χ1v) is 7.07. The van der Waals surface area contributed by atoms with Crippen LogP contribution in [0.3, 0.4) is 0 Å². The summed E-state index contributed by atoms with van der Waals surface area (Å²) in [6.07, 6.45) is 2.53. The molecule has 1 saturated heterocycles. The van der Waals surface area contributed by atoms with Crippen LogP contribution in [-0.2, 0) is 0 Å². The molecule has 1 heterocycles. The Morgan fingerprint density at radius 1 is 0.850 bits per heavy atom. The number of halogens is 1. The molecule has 0 aliphatic carbocycles. The normalized spacial score (nSPS) is 18.3. The summed E-state index contributed by atoms with van der Waals surface area (Å²) in [5.41, 5.74) is 1.49. The summed E-state index contributed by atoms with van der Waals surface area (Å²) in [4.78, 5) is 0. The molecule has 1 fully saturated rings. The Morgan fingerprint density at radius 2 is 1.45 bits per heavy atom. The molecule has 2 heteroatoms. The lowest BCUT2D eigenvalue weighted by Crippen LogP contribution is -2.13. The zero-order valence-corrected chi connectivity index (χ0v) is 12.1. The fraction of sp³-hybridized carbons (Fsp3) is 0.222. The van der Waals surface area contributed by atoms with E-state index >= 15 is 0 Å². The van der Waals surface area contributed by atoms with Gasteiger partial charge in [0.25, 0.3) is 0 Å². The van der Waals surface area contributed by atoms with Crippen LogP contribution in [0.15, 0.2) is 54.6 Å². The van der Waals surface area contributed by atoms with Crippen molar-refractivity contribution < 1.29 is 0 Å². The highest BCUT2D eigenvalue weighted by Crippen LogP contribution is 2.36. The summed E-state index contributed by atoms with van der Waals surface area (Å²) < 4.78 is 0. The van der Waals surface area contributed by atoms with Crippen molar-refractivity contribution in [2.45, 2.75) is 18.9 Å². The van der Waals surface area contributed by atoms with Crippen molar-refractivity contribution in [3.05, 3.63) is 60.2 Å². The van der Waals surface area contributed by atoms with E-state index in [0.717, 1.165) is 6.54 Å². The van der Waals surface area contributed by atoms with E-state index in [1.807, 2.05) is 0 Å². The Kier molecular flexibility index (Phi) is 3.64. The Hall–Kier alpha value is -1.57. The molecule has 0 amide bonds. The predicted molar refractivity (Wildman–Crippen MR) is 88.7 cm³/mol. The molecule has 1 aliphatic rings. The van der Waals surface area contributed by atoms with Crippen molar-refractivity contribution >= 4 is 34.0 Å². The molecule has 0 unspecified atom stereocenters. The number of rotatable bonds is 1. The molecule has 1 N–H and O–H groups in total. The van der Waals surface area contributed by atoms with Gasteiger partial charge in [-0.1, -0.05) is 48.5 Å². The van der Waals surface area contributed by atoms with Crippen molar-refractivity contribution in [3.8, 4) is 0 Å². The van der Waals surface area contributed by atoms with Gasteiger partial charge >= 0.3 is 0 Å². The minimum absolute atomic E-state index is 0. The number of benzene rings is 3. The van der Waals surface area contributed by atoms with Crippen LogP contribution < -0.4 is 5.32 Å². The molecule has 1 atom stereocenters. The molecular weight excluding hydrogens is 266 g/mol. The largest absolute Gasteiger partial charge is 0.310 e. The fourth-order valence-electron chi connectivity index (χ4n) is 3.36. The van der Waals surface area contributed by atoms with E-state index < -0.39 is 0 Å². The second-order valence-electron chi connectivity index (χ2n) is 5.38. The Balaban J connectivity index is 0.00000121. The van der Waals surface area contributed by atoms with Gasteiger partial charge in [0.2, 0.25) is 0 Å². The van der Waals surface area contributed by atoms with E-state index in [0.29, 0.717) is 6.04 Å². The minimum atomic E-state index is 0. The third kappa shape index (κ3) is 2.07. The molecular formula is C18H18ClN. The van der Waals surface area contributed by atoms with E-state index in [1.54, 1.807) is 0 Å². The number of fused-ring (bicyclic) bond motifs is 2. The standard InChI is InChI=1S/C18H17N.ClH/c1-3-8-15-13(6-1)12-14-7-2-4-9-16(14)18(15)17-10-5-11-19-17;/h1-4,6-9,12,17,19H,5,10-11H2;1H/t17-;/m1./s1. The summed E-state index contributed by atoms with van der Waals surface area (Å²) in [7, 11) is 0. The maximum atomic E-state index is 3.66. The Bertz CT molecular complexity index is 691. The van der Waals surface area contributed by atoms with Crippen molar-refractivity contribution in [3.63, 3.8) is 0 Å². The summed E-state index contributed by atoms with van der Waals surface area (Å²) in [5, 5.41) is 9.17. The SMILES string of the molecule is Cl.c1ccc2c([C@H]3CCCN3)c3ccccc3cc2c1. The van der Waals surface area contributed by atoms with Crippen LogP contribution in [0.5, 0.6) is 0 Å². The first-order chi connectivity index (χ1) is 9.43. The van der Waals surface area contributed by atoms with Gasteiger partial charge in [-0.3, -0.25) is 0 Å². The molecule has 0 aromatic heterocycles. The maximum absolute atomic E-state index is 3.66. The summed E-state index contributed by atoms with van der Waals surface area (Å²) >= 11 is 0. The van der Waals surface area contributed by atoms with Gasteiger partial charge in [-0.15, -0.1) is 12.4 Å².